The molecule has 1 aliphatic heterocycles. The van der Waals surface area contributed by atoms with Crippen LogP contribution in [0.1, 0.15) is 12.8 Å². The zero-order valence-corrected chi connectivity index (χ0v) is 13.0. The van der Waals surface area contributed by atoms with E-state index in [9.17, 15) is 9.59 Å². The van der Waals surface area contributed by atoms with Crippen LogP contribution in [0.5, 0.6) is 0 Å². The molecular formula is C19H21N2O2+. The molecule has 2 aromatic rings. The molecule has 0 aromatic heterocycles. The quantitative estimate of drug-likeness (QED) is 0.900. The molecule has 0 unspecified atom stereocenters. The van der Waals surface area contributed by atoms with Gasteiger partial charge in [0.05, 0.1) is 25.9 Å². The van der Waals surface area contributed by atoms with Gasteiger partial charge in [-0.2, -0.15) is 0 Å². The molecule has 0 bridgehead atoms. The number of carbonyl (C=O) groups excluding carboxylic acids is 2. The van der Waals surface area contributed by atoms with Crippen molar-refractivity contribution in [3.8, 4) is 11.1 Å². The van der Waals surface area contributed by atoms with E-state index in [0.717, 1.165) is 29.9 Å². The van der Waals surface area contributed by atoms with Crippen LogP contribution in [-0.2, 0) is 9.59 Å². The van der Waals surface area contributed by atoms with Crippen molar-refractivity contribution in [2.24, 2.45) is 0 Å². The summed E-state index contributed by atoms with van der Waals surface area (Å²) >= 11 is 0. The van der Waals surface area contributed by atoms with E-state index >= 15 is 0 Å². The summed E-state index contributed by atoms with van der Waals surface area (Å²) < 4.78 is 0. The van der Waals surface area contributed by atoms with Crippen molar-refractivity contribution >= 4 is 17.4 Å². The monoisotopic (exact) mass is 309 g/mol. The lowest BCUT2D eigenvalue weighted by atomic mass is 10.1. The van der Waals surface area contributed by atoms with Crippen molar-refractivity contribution in [1.82, 2.24) is 0 Å². The number of nitrogens with one attached hydrogen (secondary N) is 2. The highest BCUT2D eigenvalue weighted by molar-refractivity contribution is 5.91. The highest BCUT2D eigenvalue weighted by atomic mass is 16.2. The van der Waals surface area contributed by atoms with Gasteiger partial charge in [-0.05, 0) is 23.3 Å². The summed E-state index contributed by atoms with van der Waals surface area (Å²) in [5, 5.41) is 2.93. The van der Waals surface area contributed by atoms with Crippen LogP contribution in [-0.4, -0.2) is 31.3 Å². The summed E-state index contributed by atoms with van der Waals surface area (Å²) in [6, 6.07) is 18.0. The third kappa shape index (κ3) is 4.27. The molecule has 118 valence electrons. The second-order valence-corrected chi connectivity index (χ2v) is 5.96. The van der Waals surface area contributed by atoms with E-state index in [2.05, 4.69) is 17.4 Å². The molecule has 1 heterocycles. The van der Waals surface area contributed by atoms with Crippen LogP contribution in [0, 0.1) is 0 Å². The summed E-state index contributed by atoms with van der Waals surface area (Å²) in [4.78, 5) is 24.5. The summed E-state index contributed by atoms with van der Waals surface area (Å²) in [5.74, 6) is 0.312. The minimum Gasteiger partial charge on any atom is -0.326 e. The van der Waals surface area contributed by atoms with Gasteiger partial charge < -0.3 is 10.2 Å². The van der Waals surface area contributed by atoms with Gasteiger partial charge in [0.15, 0.2) is 6.54 Å². The molecular weight excluding hydrogens is 288 g/mol. The van der Waals surface area contributed by atoms with Gasteiger partial charge in [-0.15, -0.1) is 0 Å². The number of hydrogen-bond donors (Lipinski definition) is 2. The topological polar surface area (TPSA) is 50.6 Å². The molecule has 0 aliphatic carbocycles. The van der Waals surface area contributed by atoms with Gasteiger partial charge in [-0.25, -0.2) is 0 Å². The lowest BCUT2D eigenvalue weighted by molar-refractivity contribution is -0.893. The van der Waals surface area contributed by atoms with Crippen LogP contribution < -0.4 is 10.2 Å². The van der Waals surface area contributed by atoms with Crippen LogP contribution in [0.15, 0.2) is 54.6 Å². The third-order valence-electron chi connectivity index (χ3n) is 4.20. The average Bonchev–Trinajstić information content (AvgIpc) is 2.58. The second-order valence-electron chi connectivity index (χ2n) is 5.96. The van der Waals surface area contributed by atoms with Crippen molar-refractivity contribution in [2.45, 2.75) is 12.8 Å². The first-order valence-corrected chi connectivity index (χ1v) is 8.01. The van der Waals surface area contributed by atoms with E-state index in [-0.39, 0.29) is 5.91 Å². The van der Waals surface area contributed by atoms with Crippen molar-refractivity contribution in [2.75, 3.05) is 25.0 Å². The maximum atomic E-state index is 12.1. The highest BCUT2D eigenvalue weighted by Gasteiger charge is 2.21. The normalized spacial score (nSPS) is 15.4. The highest BCUT2D eigenvalue weighted by Crippen LogP contribution is 2.20. The molecule has 2 aromatic carbocycles. The zero-order valence-electron chi connectivity index (χ0n) is 13.0. The molecule has 1 aliphatic rings. The number of amides is 1. The second kappa shape index (κ2) is 7.20. The molecule has 4 nitrogen and oxygen atoms in total. The van der Waals surface area contributed by atoms with Crippen LogP contribution in [0.2, 0.25) is 0 Å². The number of ketones is 1. The Hall–Kier alpha value is -2.46. The van der Waals surface area contributed by atoms with Gasteiger partial charge in [0.25, 0.3) is 5.91 Å². The Morgan fingerprint density at radius 1 is 0.913 bits per heavy atom. The van der Waals surface area contributed by atoms with E-state index in [0.29, 0.717) is 25.2 Å². The van der Waals surface area contributed by atoms with Crippen molar-refractivity contribution in [1.29, 1.82) is 0 Å². The lowest BCUT2D eigenvalue weighted by Crippen LogP contribution is -3.14. The molecule has 1 amide bonds. The number of quaternary nitrogens is 1. The van der Waals surface area contributed by atoms with Gasteiger partial charge in [-0.3, -0.25) is 9.59 Å². The van der Waals surface area contributed by atoms with Crippen LogP contribution in [0.3, 0.4) is 0 Å². The van der Waals surface area contributed by atoms with Gasteiger partial charge in [0.2, 0.25) is 0 Å². The van der Waals surface area contributed by atoms with E-state index in [1.54, 1.807) is 0 Å². The maximum Gasteiger partial charge on any atom is 0.279 e. The fourth-order valence-electron chi connectivity index (χ4n) is 2.87. The fraction of sp³-hybridized carbons (Fsp3) is 0.263. The Kier molecular flexibility index (Phi) is 4.83. The lowest BCUT2D eigenvalue weighted by Gasteiger charge is -2.22. The molecule has 4 heteroatoms. The van der Waals surface area contributed by atoms with Crippen molar-refractivity contribution < 1.29 is 14.5 Å². The van der Waals surface area contributed by atoms with Crippen molar-refractivity contribution in [3.05, 3.63) is 54.6 Å². The number of rotatable bonds is 4. The van der Waals surface area contributed by atoms with E-state index in [1.165, 1.54) is 4.90 Å². The Balaban J connectivity index is 1.56. The minimum absolute atomic E-state index is 0.00168. The van der Waals surface area contributed by atoms with Gasteiger partial charge in [-0.1, -0.05) is 42.5 Å². The molecule has 1 fully saturated rings. The van der Waals surface area contributed by atoms with E-state index < -0.39 is 0 Å². The molecule has 0 saturated carbocycles. The van der Waals surface area contributed by atoms with Crippen molar-refractivity contribution in [3.63, 3.8) is 0 Å². The Labute approximate surface area is 136 Å². The van der Waals surface area contributed by atoms with Crippen LogP contribution >= 0.6 is 0 Å². The summed E-state index contributed by atoms with van der Waals surface area (Å²) in [5.41, 5.74) is 3.10. The predicted octanol–water partition coefficient (Wildman–Crippen LogP) is 1.54. The number of benzene rings is 2. The predicted molar refractivity (Wildman–Crippen MR) is 90.3 cm³/mol. The largest absolute Gasteiger partial charge is 0.326 e. The van der Waals surface area contributed by atoms with Crippen LogP contribution in [0.4, 0.5) is 5.69 Å². The average molecular weight is 309 g/mol. The molecule has 0 spiro atoms. The minimum atomic E-state index is 0.00168. The number of hydrogen-bond acceptors (Lipinski definition) is 2. The first kappa shape index (κ1) is 15.4. The molecule has 0 atom stereocenters. The number of Topliss-reactive ketones (excluding diaryl/α,β-unsaturated/α-hetero) is 1. The van der Waals surface area contributed by atoms with Gasteiger partial charge in [0.1, 0.15) is 5.78 Å². The maximum absolute atomic E-state index is 12.1. The molecule has 0 radical (unpaired) electrons. The SMILES string of the molecule is O=C1CC[NH+](CC(=O)Nc2ccc(-c3ccccc3)cc2)CC1. The summed E-state index contributed by atoms with van der Waals surface area (Å²) in [6.07, 6.45) is 1.18. The van der Waals surface area contributed by atoms with Crippen LogP contribution in [0.25, 0.3) is 11.1 Å². The Bertz CT molecular complexity index is 670. The number of carbonyl (C=O) groups is 2. The van der Waals surface area contributed by atoms with E-state index in [1.807, 2.05) is 42.5 Å². The number of anilines is 1. The third-order valence-corrected chi connectivity index (χ3v) is 4.20. The summed E-state index contributed by atoms with van der Waals surface area (Å²) in [7, 11) is 0. The smallest absolute Gasteiger partial charge is 0.279 e. The van der Waals surface area contributed by atoms with Gasteiger partial charge >= 0.3 is 0 Å². The number of likely N-dealkylation sites (tertiary alicyclic amines) is 1. The Morgan fingerprint density at radius 3 is 2.17 bits per heavy atom. The first-order valence-electron chi connectivity index (χ1n) is 8.01. The first-order chi connectivity index (χ1) is 11.2. The van der Waals surface area contributed by atoms with E-state index in [4.69, 9.17) is 0 Å². The zero-order chi connectivity index (χ0) is 16.1. The molecule has 3 rings (SSSR count). The summed E-state index contributed by atoms with van der Waals surface area (Å²) in [6.45, 7) is 1.95. The molecule has 1 saturated heterocycles. The molecule has 2 N–H and O–H groups in total. The fourth-order valence-corrected chi connectivity index (χ4v) is 2.87. The molecule has 23 heavy (non-hydrogen) atoms. The standard InChI is InChI=1S/C19H20N2O2/c22-18-10-12-21(13-11-18)14-19(23)20-17-8-6-16(7-9-17)15-4-2-1-3-5-15/h1-9H,10-14H2,(H,20,23)/p+1. The number of piperidine rings is 1. The Morgan fingerprint density at radius 2 is 1.52 bits per heavy atom. The van der Waals surface area contributed by atoms with Gasteiger partial charge in [0, 0.05) is 5.69 Å².